The van der Waals surface area contributed by atoms with Crippen LogP contribution in [-0.2, 0) is 0 Å². The van der Waals surface area contributed by atoms with Crippen LogP contribution in [0.15, 0.2) is 59.8 Å². The second kappa shape index (κ2) is 4.29. The SMILES string of the molecule is C1=CC(C2=C(C3C=CC=C3)CCCC2)C=C1. The van der Waals surface area contributed by atoms with Crippen molar-refractivity contribution in [2.45, 2.75) is 25.7 Å². The van der Waals surface area contributed by atoms with E-state index in [-0.39, 0.29) is 0 Å². The maximum absolute atomic E-state index is 2.34. The van der Waals surface area contributed by atoms with Crippen molar-refractivity contribution >= 4 is 0 Å². The smallest absolute Gasteiger partial charge is 0.0166 e. The monoisotopic (exact) mass is 210 g/mol. The molecule has 0 amide bonds. The Morgan fingerprint density at radius 1 is 0.625 bits per heavy atom. The molecule has 0 aromatic heterocycles. The molecule has 3 aliphatic carbocycles. The molecule has 3 aliphatic rings. The van der Waals surface area contributed by atoms with Gasteiger partial charge in [-0.05, 0) is 25.7 Å². The molecule has 0 fully saturated rings. The molecule has 0 bridgehead atoms. The van der Waals surface area contributed by atoms with Gasteiger partial charge < -0.3 is 0 Å². The van der Waals surface area contributed by atoms with Crippen molar-refractivity contribution in [3.63, 3.8) is 0 Å². The lowest BCUT2D eigenvalue weighted by atomic mass is 9.79. The van der Waals surface area contributed by atoms with Gasteiger partial charge in [0.2, 0.25) is 0 Å². The first-order valence-corrected chi connectivity index (χ1v) is 6.37. The van der Waals surface area contributed by atoms with E-state index in [0.717, 1.165) is 0 Å². The van der Waals surface area contributed by atoms with E-state index in [9.17, 15) is 0 Å². The van der Waals surface area contributed by atoms with Gasteiger partial charge in [0.15, 0.2) is 0 Å². The van der Waals surface area contributed by atoms with Gasteiger partial charge in [0.05, 0.1) is 0 Å². The van der Waals surface area contributed by atoms with Crippen LogP contribution in [0.4, 0.5) is 0 Å². The third kappa shape index (κ3) is 1.73. The topological polar surface area (TPSA) is 0 Å². The van der Waals surface area contributed by atoms with Gasteiger partial charge in [-0.2, -0.15) is 0 Å². The van der Waals surface area contributed by atoms with E-state index in [2.05, 4.69) is 48.6 Å². The summed E-state index contributed by atoms with van der Waals surface area (Å²) in [6.07, 6.45) is 23.4. The minimum absolute atomic E-state index is 0.595. The molecule has 0 aliphatic heterocycles. The van der Waals surface area contributed by atoms with E-state index in [1.165, 1.54) is 25.7 Å². The summed E-state index contributed by atoms with van der Waals surface area (Å²) in [6.45, 7) is 0. The molecule has 82 valence electrons. The minimum atomic E-state index is 0.595. The summed E-state index contributed by atoms with van der Waals surface area (Å²) in [5.41, 5.74) is 3.38. The summed E-state index contributed by atoms with van der Waals surface area (Å²) >= 11 is 0. The molecule has 0 saturated carbocycles. The van der Waals surface area contributed by atoms with Crippen molar-refractivity contribution in [1.29, 1.82) is 0 Å². The predicted molar refractivity (Wildman–Crippen MR) is 69.0 cm³/mol. The highest BCUT2D eigenvalue weighted by molar-refractivity contribution is 5.38. The predicted octanol–water partition coefficient (Wildman–Crippen LogP) is 4.34. The third-order valence-electron chi connectivity index (χ3n) is 3.86. The molecular formula is C16H18. The summed E-state index contributed by atoms with van der Waals surface area (Å²) < 4.78 is 0. The molecule has 0 aromatic rings. The summed E-state index contributed by atoms with van der Waals surface area (Å²) in [5.74, 6) is 1.19. The zero-order valence-electron chi connectivity index (χ0n) is 9.60. The molecular weight excluding hydrogens is 192 g/mol. The van der Waals surface area contributed by atoms with Gasteiger partial charge in [-0.15, -0.1) is 0 Å². The zero-order valence-corrected chi connectivity index (χ0v) is 9.60. The zero-order chi connectivity index (χ0) is 10.8. The normalized spacial score (nSPS) is 25.2. The Hall–Kier alpha value is -1.30. The summed E-state index contributed by atoms with van der Waals surface area (Å²) in [4.78, 5) is 0. The van der Waals surface area contributed by atoms with E-state index in [1.807, 2.05) is 0 Å². The van der Waals surface area contributed by atoms with E-state index in [1.54, 1.807) is 11.1 Å². The molecule has 0 unspecified atom stereocenters. The largest absolute Gasteiger partial charge is 0.0736 e. The Labute approximate surface area is 97.7 Å². The maximum Gasteiger partial charge on any atom is 0.0166 e. The molecule has 16 heavy (non-hydrogen) atoms. The lowest BCUT2D eigenvalue weighted by molar-refractivity contribution is 0.610. The van der Waals surface area contributed by atoms with Crippen LogP contribution in [0.2, 0.25) is 0 Å². The number of allylic oxidation sites excluding steroid dienone is 10. The van der Waals surface area contributed by atoms with E-state index in [4.69, 9.17) is 0 Å². The van der Waals surface area contributed by atoms with Gasteiger partial charge in [0.1, 0.15) is 0 Å². The van der Waals surface area contributed by atoms with Crippen LogP contribution in [0, 0.1) is 11.8 Å². The molecule has 0 saturated heterocycles. The van der Waals surface area contributed by atoms with Gasteiger partial charge in [0.25, 0.3) is 0 Å². The van der Waals surface area contributed by atoms with Crippen LogP contribution >= 0.6 is 0 Å². The second-order valence-corrected chi connectivity index (χ2v) is 4.85. The van der Waals surface area contributed by atoms with Crippen LogP contribution in [0.1, 0.15) is 25.7 Å². The average Bonchev–Trinajstić information content (AvgIpc) is 3.03. The Kier molecular flexibility index (Phi) is 2.65. The van der Waals surface area contributed by atoms with Gasteiger partial charge >= 0.3 is 0 Å². The van der Waals surface area contributed by atoms with Gasteiger partial charge in [-0.25, -0.2) is 0 Å². The standard InChI is InChI=1S/C16H18/c1-2-8-13(7-1)15-11-5-6-12-16(15)14-9-3-4-10-14/h1-4,7-10,13-14H,5-6,11-12H2. The molecule has 0 heterocycles. The Balaban J connectivity index is 1.94. The molecule has 0 heteroatoms. The summed E-state index contributed by atoms with van der Waals surface area (Å²) in [6, 6.07) is 0. The van der Waals surface area contributed by atoms with E-state index < -0.39 is 0 Å². The van der Waals surface area contributed by atoms with Crippen LogP contribution in [0.25, 0.3) is 0 Å². The highest BCUT2D eigenvalue weighted by Crippen LogP contribution is 2.38. The Morgan fingerprint density at radius 3 is 1.38 bits per heavy atom. The van der Waals surface area contributed by atoms with E-state index in [0.29, 0.717) is 11.8 Å². The highest BCUT2D eigenvalue weighted by atomic mass is 14.3. The number of hydrogen-bond acceptors (Lipinski definition) is 0. The fraction of sp³-hybridized carbons (Fsp3) is 0.375. The van der Waals surface area contributed by atoms with Crippen molar-refractivity contribution in [3.05, 3.63) is 59.8 Å². The molecule has 0 N–H and O–H groups in total. The molecule has 0 nitrogen and oxygen atoms in total. The van der Waals surface area contributed by atoms with Gasteiger partial charge in [-0.1, -0.05) is 59.8 Å². The molecule has 3 rings (SSSR count). The van der Waals surface area contributed by atoms with Crippen LogP contribution in [0.5, 0.6) is 0 Å². The maximum atomic E-state index is 2.34. The van der Waals surface area contributed by atoms with Crippen molar-refractivity contribution in [1.82, 2.24) is 0 Å². The quantitative estimate of drug-likeness (QED) is 0.595. The first-order valence-electron chi connectivity index (χ1n) is 6.37. The second-order valence-electron chi connectivity index (χ2n) is 4.85. The highest BCUT2D eigenvalue weighted by Gasteiger charge is 2.22. The van der Waals surface area contributed by atoms with Crippen LogP contribution in [0.3, 0.4) is 0 Å². The first kappa shape index (κ1) is 9.89. The molecule has 0 spiro atoms. The van der Waals surface area contributed by atoms with Gasteiger partial charge in [-0.3, -0.25) is 0 Å². The van der Waals surface area contributed by atoms with Crippen LogP contribution in [-0.4, -0.2) is 0 Å². The fourth-order valence-electron chi connectivity index (χ4n) is 3.04. The van der Waals surface area contributed by atoms with Crippen molar-refractivity contribution in [2.24, 2.45) is 11.8 Å². The van der Waals surface area contributed by atoms with Crippen molar-refractivity contribution < 1.29 is 0 Å². The van der Waals surface area contributed by atoms with Crippen molar-refractivity contribution in [2.75, 3.05) is 0 Å². The number of hydrogen-bond donors (Lipinski definition) is 0. The fourth-order valence-corrected chi connectivity index (χ4v) is 3.04. The molecule has 0 aromatic carbocycles. The Morgan fingerprint density at radius 2 is 1.00 bits per heavy atom. The lowest BCUT2D eigenvalue weighted by Crippen LogP contribution is -2.10. The van der Waals surface area contributed by atoms with Crippen molar-refractivity contribution in [3.8, 4) is 0 Å². The molecule has 0 radical (unpaired) electrons. The van der Waals surface area contributed by atoms with E-state index >= 15 is 0 Å². The minimum Gasteiger partial charge on any atom is -0.0736 e. The average molecular weight is 210 g/mol. The summed E-state index contributed by atoms with van der Waals surface area (Å²) in [5, 5.41) is 0. The van der Waals surface area contributed by atoms with Crippen LogP contribution < -0.4 is 0 Å². The third-order valence-corrected chi connectivity index (χ3v) is 3.86. The Bertz CT molecular complexity index is 351. The van der Waals surface area contributed by atoms with Gasteiger partial charge in [0, 0.05) is 11.8 Å². The summed E-state index contributed by atoms with van der Waals surface area (Å²) in [7, 11) is 0. The molecule has 0 atom stereocenters. The number of rotatable bonds is 2. The lowest BCUT2D eigenvalue weighted by Gasteiger charge is -2.26. The first-order chi connectivity index (χ1) is 7.95.